The Bertz CT molecular complexity index is 264. The summed E-state index contributed by atoms with van der Waals surface area (Å²) in [6, 6.07) is 3.70. The van der Waals surface area contributed by atoms with E-state index in [0.717, 1.165) is 5.56 Å². The minimum Gasteiger partial charge on any atom is -0.355 e. The Morgan fingerprint density at radius 1 is 1.62 bits per heavy atom. The molecule has 0 radical (unpaired) electrons. The van der Waals surface area contributed by atoms with Gasteiger partial charge in [0, 0.05) is 24.7 Å². The molecule has 0 aliphatic heterocycles. The number of pyridine rings is 1. The van der Waals surface area contributed by atoms with Crippen molar-refractivity contribution in [2.24, 2.45) is 0 Å². The van der Waals surface area contributed by atoms with Crippen molar-refractivity contribution in [2.75, 3.05) is 12.3 Å². The second-order valence-corrected chi connectivity index (χ2v) is 3.06. The summed E-state index contributed by atoms with van der Waals surface area (Å²) in [6.45, 7) is 0.613. The van der Waals surface area contributed by atoms with Crippen LogP contribution in [0.15, 0.2) is 24.5 Å². The number of carbonyl (C=O) groups excluding carboxylic acids is 1. The molecule has 0 atom stereocenters. The van der Waals surface area contributed by atoms with Gasteiger partial charge in [0.25, 0.3) is 0 Å². The molecule has 0 fully saturated rings. The van der Waals surface area contributed by atoms with Gasteiger partial charge in [-0.2, -0.15) is 12.6 Å². The van der Waals surface area contributed by atoms with E-state index in [4.69, 9.17) is 0 Å². The molecule has 0 saturated carbocycles. The van der Waals surface area contributed by atoms with Crippen molar-refractivity contribution in [1.82, 2.24) is 10.3 Å². The highest BCUT2D eigenvalue weighted by Crippen LogP contribution is 1.96. The van der Waals surface area contributed by atoms with Gasteiger partial charge in [-0.1, -0.05) is 6.07 Å². The number of nitrogens with zero attached hydrogens (tertiary/aromatic N) is 1. The summed E-state index contributed by atoms with van der Waals surface area (Å²) in [5.41, 5.74) is 0.930. The van der Waals surface area contributed by atoms with Crippen LogP contribution in [0, 0.1) is 0 Å². The molecule has 1 N–H and O–H groups in total. The molecule has 1 heterocycles. The lowest BCUT2D eigenvalue weighted by molar-refractivity contribution is -0.120. The molecular weight excluding hydrogens is 184 g/mol. The van der Waals surface area contributed by atoms with Crippen LogP contribution >= 0.6 is 12.6 Å². The number of aromatic nitrogens is 1. The molecule has 0 saturated heterocycles. The number of hydrogen-bond donors (Lipinski definition) is 2. The molecule has 13 heavy (non-hydrogen) atoms. The molecule has 0 aromatic carbocycles. The van der Waals surface area contributed by atoms with Crippen molar-refractivity contribution >= 4 is 18.5 Å². The van der Waals surface area contributed by atoms with Gasteiger partial charge in [0.1, 0.15) is 0 Å². The predicted molar refractivity (Wildman–Crippen MR) is 54.8 cm³/mol. The first kappa shape index (κ1) is 10.1. The SMILES string of the molecule is O=C(Cc1cccnc1)NCCS. The zero-order valence-electron chi connectivity index (χ0n) is 7.23. The predicted octanol–water partition coefficient (Wildman–Crippen LogP) is 0.670. The quantitative estimate of drug-likeness (QED) is 0.695. The van der Waals surface area contributed by atoms with E-state index in [9.17, 15) is 4.79 Å². The monoisotopic (exact) mass is 196 g/mol. The second-order valence-electron chi connectivity index (χ2n) is 2.61. The van der Waals surface area contributed by atoms with Gasteiger partial charge in [-0.05, 0) is 11.6 Å². The standard InChI is InChI=1S/C9H12N2OS/c12-9(11-4-5-13)6-8-2-1-3-10-7-8/h1-3,7,13H,4-6H2,(H,11,12). The average molecular weight is 196 g/mol. The van der Waals surface area contributed by atoms with Crippen LogP contribution in [0.2, 0.25) is 0 Å². The molecule has 0 spiro atoms. The lowest BCUT2D eigenvalue weighted by Gasteiger charge is -2.02. The molecule has 0 bridgehead atoms. The largest absolute Gasteiger partial charge is 0.355 e. The van der Waals surface area contributed by atoms with E-state index in [-0.39, 0.29) is 5.91 Å². The summed E-state index contributed by atoms with van der Waals surface area (Å²) in [7, 11) is 0. The number of nitrogens with one attached hydrogen (secondary N) is 1. The van der Waals surface area contributed by atoms with Crippen LogP contribution in [0.3, 0.4) is 0 Å². The number of carbonyl (C=O) groups is 1. The Hall–Kier alpha value is -1.03. The van der Waals surface area contributed by atoms with Crippen molar-refractivity contribution in [2.45, 2.75) is 6.42 Å². The highest BCUT2D eigenvalue weighted by molar-refractivity contribution is 7.80. The summed E-state index contributed by atoms with van der Waals surface area (Å²) >= 11 is 3.99. The van der Waals surface area contributed by atoms with Crippen molar-refractivity contribution < 1.29 is 4.79 Å². The van der Waals surface area contributed by atoms with Gasteiger partial charge in [-0.3, -0.25) is 9.78 Å². The fourth-order valence-corrected chi connectivity index (χ4v) is 1.06. The first-order chi connectivity index (χ1) is 6.33. The molecule has 1 aromatic heterocycles. The molecule has 1 aromatic rings. The fourth-order valence-electron chi connectivity index (χ4n) is 0.946. The molecule has 4 heteroatoms. The average Bonchev–Trinajstić information content (AvgIpc) is 2.16. The van der Waals surface area contributed by atoms with E-state index in [2.05, 4.69) is 22.9 Å². The van der Waals surface area contributed by atoms with E-state index in [1.165, 1.54) is 0 Å². The zero-order chi connectivity index (χ0) is 9.52. The maximum absolute atomic E-state index is 11.2. The minimum absolute atomic E-state index is 0.0158. The van der Waals surface area contributed by atoms with E-state index in [1.54, 1.807) is 12.4 Å². The summed E-state index contributed by atoms with van der Waals surface area (Å²) < 4.78 is 0. The number of rotatable bonds is 4. The van der Waals surface area contributed by atoms with Crippen LogP contribution < -0.4 is 5.32 Å². The van der Waals surface area contributed by atoms with Gasteiger partial charge in [-0.25, -0.2) is 0 Å². The Morgan fingerprint density at radius 3 is 3.08 bits per heavy atom. The normalized spacial score (nSPS) is 9.62. The Kier molecular flexibility index (Phi) is 4.32. The minimum atomic E-state index is 0.0158. The van der Waals surface area contributed by atoms with Gasteiger partial charge < -0.3 is 5.32 Å². The number of thiol groups is 1. The zero-order valence-corrected chi connectivity index (χ0v) is 8.13. The van der Waals surface area contributed by atoms with Crippen LogP contribution in [0.1, 0.15) is 5.56 Å². The van der Waals surface area contributed by atoms with Crippen LogP contribution in [0.5, 0.6) is 0 Å². The summed E-state index contributed by atoms with van der Waals surface area (Å²) in [5, 5.41) is 2.74. The molecule has 1 amide bonds. The highest BCUT2D eigenvalue weighted by Gasteiger charge is 2.00. The van der Waals surface area contributed by atoms with Gasteiger partial charge in [-0.15, -0.1) is 0 Å². The summed E-state index contributed by atoms with van der Waals surface area (Å²) in [4.78, 5) is 15.1. The number of amides is 1. The van der Waals surface area contributed by atoms with Crippen molar-refractivity contribution in [3.05, 3.63) is 30.1 Å². The molecule has 0 aliphatic carbocycles. The summed E-state index contributed by atoms with van der Waals surface area (Å²) in [6.07, 6.45) is 3.77. The molecule has 3 nitrogen and oxygen atoms in total. The van der Waals surface area contributed by atoms with Gasteiger partial charge >= 0.3 is 0 Å². The third-order valence-corrected chi connectivity index (χ3v) is 1.75. The molecule has 0 unspecified atom stereocenters. The van der Waals surface area contributed by atoms with Gasteiger partial charge in [0.15, 0.2) is 0 Å². The third-order valence-electron chi connectivity index (χ3n) is 1.52. The van der Waals surface area contributed by atoms with Crippen LogP contribution in [-0.4, -0.2) is 23.2 Å². The Balaban J connectivity index is 2.37. The molecule has 70 valence electrons. The van der Waals surface area contributed by atoms with E-state index < -0.39 is 0 Å². The molecule has 0 aliphatic rings. The highest BCUT2D eigenvalue weighted by atomic mass is 32.1. The van der Waals surface area contributed by atoms with E-state index in [1.807, 2.05) is 12.1 Å². The summed E-state index contributed by atoms with van der Waals surface area (Å²) in [5.74, 6) is 0.681. The van der Waals surface area contributed by atoms with E-state index >= 15 is 0 Å². The lowest BCUT2D eigenvalue weighted by atomic mass is 10.2. The third kappa shape index (κ3) is 3.94. The fraction of sp³-hybridized carbons (Fsp3) is 0.333. The number of hydrogen-bond acceptors (Lipinski definition) is 3. The molecule has 1 rings (SSSR count). The Morgan fingerprint density at radius 2 is 2.46 bits per heavy atom. The topological polar surface area (TPSA) is 42.0 Å². The van der Waals surface area contributed by atoms with Gasteiger partial charge in [0.05, 0.1) is 6.42 Å². The second kappa shape index (κ2) is 5.59. The van der Waals surface area contributed by atoms with Crippen molar-refractivity contribution in [3.63, 3.8) is 0 Å². The van der Waals surface area contributed by atoms with Crippen molar-refractivity contribution in [3.8, 4) is 0 Å². The van der Waals surface area contributed by atoms with Gasteiger partial charge in [0.2, 0.25) is 5.91 Å². The maximum Gasteiger partial charge on any atom is 0.224 e. The van der Waals surface area contributed by atoms with Crippen LogP contribution in [0.4, 0.5) is 0 Å². The first-order valence-electron chi connectivity index (χ1n) is 4.09. The lowest BCUT2D eigenvalue weighted by Crippen LogP contribution is -2.26. The van der Waals surface area contributed by atoms with Crippen LogP contribution in [0.25, 0.3) is 0 Å². The smallest absolute Gasteiger partial charge is 0.224 e. The maximum atomic E-state index is 11.2. The Labute approximate surface area is 83.0 Å². The molecular formula is C9H12N2OS. The van der Waals surface area contributed by atoms with Crippen molar-refractivity contribution in [1.29, 1.82) is 0 Å². The van der Waals surface area contributed by atoms with Crippen LogP contribution in [-0.2, 0) is 11.2 Å². The van der Waals surface area contributed by atoms with E-state index in [0.29, 0.717) is 18.7 Å². The first-order valence-corrected chi connectivity index (χ1v) is 4.72.